The molecule has 2 nitrogen and oxygen atoms in total. The first kappa shape index (κ1) is 19.5. The first-order chi connectivity index (χ1) is 9.50. The average Bonchev–Trinajstić information content (AvgIpc) is 2.39. The third kappa shape index (κ3) is 11.3. The van der Waals surface area contributed by atoms with E-state index in [0.717, 1.165) is 19.3 Å². The molecule has 0 aliphatic rings. The summed E-state index contributed by atoms with van der Waals surface area (Å²) in [7, 11) is 0. The van der Waals surface area contributed by atoms with E-state index in [2.05, 4.69) is 6.92 Å². The highest BCUT2D eigenvalue weighted by atomic mass is 16.4. The van der Waals surface area contributed by atoms with Gasteiger partial charge in [-0.05, 0) is 20.3 Å². The van der Waals surface area contributed by atoms with Crippen LogP contribution < -0.4 is 0 Å². The van der Waals surface area contributed by atoms with Gasteiger partial charge in [-0.2, -0.15) is 0 Å². The van der Waals surface area contributed by atoms with Crippen LogP contribution in [-0.2, 0) is 9.90 Å². The Bertz CT molecular complexity index is 234. The van der Waals surface area contributed by atoms with Gasteiger partial charge in [0.05, 0.1) is 5.41 Å². The van der Waals surface area contributed by atoms with E-state index < -0.39 is 11.4 Å². The quantitative estimate of drug-likeness (QED) is 0.357. The molecule has 0 N–H and O–H groups in total. The molecule has 0 aromatic heterocycles. The number of hydrogen-bond acceptors (Lipinski definition) is 1. The highest BCUT2D eigenvalue weighted by molar-refractivity contribution is 5.73. The van der Waals surface area contributed by atoms with E-state index in [-0.39, 0.29) is 0 Å². The zero-order chi connectivity index (χ0) is 15.3. The number of rotatable bonds is 14. The van der Waals surface area contributed by atoms with Crippen molar-refractivity contribution in [3.63, 3.8) is 0 Å². The number of hydrogen-bond donors (Lipinski definition) is 0. The van der Waals surface area contributed by atoms with Gasteiger partial charge in [-0.15, -0.1) is 0 Å². The minimum atomic E-state index is -0.916. The summed E-state index contributed by atoms with van der Waals surface area (Å²) >= 11 is 0. The fourth-order valence-corrected chi connectivity index (χ4v) is 2.51. The Labute approximate surface area is 126 Å². The van der Waals surface area contributed by atoms with Crippen LogP contribution in [0, 0.1) is 5.41 Å². The molecule has 0 aliphatic carbocycles. The molecule has 0 spiro atoms. The van der Waals surface area contributed by atoms with Gasteiger partial charge in [-0.3, -0.25) is 0 Å². The lowest BCUT2D eigenvalue weighted by Gasteiger charge is -2.16. The molecule has 0 aromatic carbocycles. The molecule has 0 saturated carbocycles. The van der Waals surface area contributed by atoms with Gasteiger partial charge in [0, 0.05) is 0 Å². The van der Waals surface area contributed by atoms with E-state index in [0.29, 0.717) is 0 Å². The zero-order valence-corrected chi connectivity index (χ0v) is 14.0. The lowest BCUT2D eigenvalue weighted by Crippen LogP contribution is -2.22. The smallest absolute Gasteiger partial charge is 0.247 e. The highest BCUT2D eigenvalue weighted by Gasteiger charge is 2.27. The van der Waals surface area contributed by atoms with Gasteiger partial charge in [0.15, 0.2) is 0 Å². The first-order valence-electron chi connectivity index (χ1n) is 8.72. The lowest BCUT2D eigenvalue weighted by atomic mass is 9.87. The van der Waals surface area contributed by atoms with E-state index >= 15 is 0 Å². The van der Waals surface area contributed by atoms with Crippen molar-refractivity contribution in [2.24, 2.45) is 5.41 Å². The van der Waals surface area contributed by atoms with Crippen molar-refractivity contribution in [3.05, 3.63) is 0 Å². The summed E-state index contributed by atoms with van der Waals surface area (Å²) in [6, 6.07) is 0. The van der Waals surface area contributed by atoms with Crippen LogP contribution >= 0.6 is 0 Å². The number of carbonyl (C=O) groups excluding carboxylic acids is 1. The molecule has 0 heterocycles. The average molecular weight is 283 g/mol. The van der Waals surface area contributed by atoms with Crippen molar-refractivity contribution in [2.45, 2.75) is 104 Å². The largest absolute Gasteiger partial charge is 0.361 e. The second kappa shape index (κ2) is 12.2. The predicted molar refractivity (Wildman–Crippen MR) is 85.2 cm³/mol. The van der Waals surface area contributed by atoms with Crippen LogP contribution in [0.25, 0.3) is 0 Å². The van der Waals surface area contributed by atoms with Crippen molar-refractivity contribution in [2.75, 3.05) is 0 Å². The third-order valence-electron chi connectivity index (χ3n) is 4.21. The minimum absolute atomic E-state index is 0.654. The van der Waals surface area contributed by atoms with Gasteiger partial charge in [0.25, 0.3) is 0 Å². The summed E-state index contributed by atoms with van der Waals surface area (Å²) in [5.74, 6) is -0.916. The van der Waals surface area contributed by atoms with Crippen molar-refractivity contribution < 1.29 is 9.90 Å². The fraction of sp³-hybridized carbons (Fsp3) is 0.944. The molecule has 0 aliphatic heterocycles. The molecule has 0 unspecified atom stereocenters. The first-order valence-corrected chi connectivity index (χ1v) is 8.72. The van der Waals surface area contributed by atoms with E-state index in [1.165, 1.54) is 64.2 Å². The highest BCUT2D eigenvalue weighted by Crippen LogP contribution is 2.24. The Kier molecular flexibility index (Phi) is 11.9. The Hall–Kier alpha value is -0.530. The molecule has 119 valence electrons. The molecule has 20 heavy (non-hydrogen) atoms. The van der Waals surface area contributed by atoms with Crippen molar-refractivity contribution in [1.29, 1.82) is 0 Å². The molecule has 0 bridgehead atoms. The zero-order valence-electron chi connectivity index (χ0n) is 14.0. The van der Waals surface area contributed by atoms with Gasteiger partial charge in [-0.25, -0.2) is 9.90 Å². The van der Waals surface area contributed by atoms with Crippen LogP contribution in [0.15, 0.2) is 0 Å². The number of carbonyl (C=O) groups is 1. The van der Waals surface area contributed by atoms with Crippen LogP contribution in [0.1, 0.15) is 104 Å². The normalized spacial score (nSPS) is 11.8. The molecule has 0 rings (SSSR count). The second-order valence-corrected chi connectivity index (χ2v) is 6.81. The van der Waals surface area contributed by atoms with Gasteiger partial charge in [-0.1, -0.05) is 84.0 Å². The fourth-order valence-electron chi connectivity index (χ4n) is 2.51. The van der Waals surface area contributed by atoms with E-state index in [4.69, 9.17) is 0 Å². The van der Waals surface area contributed by atoms with Crippen LogP contribution in [-0.4, -0.2) is 5.97 Å². The summed E-state index contributed by atoms with van der Waals surface area (Å²) in [5, 5.41) is 10.8. The molecule has 0 amide bonds. The maximum atomic E-state index is 10.8. The molecule has 2 heteroatoms. The molecule has 0 fully saturated rings. The third-order valence-corrected chi connectivity index (χ3v) is 4.21. The maximum Gasteiger partial charge on any atom is 0.361 e. The molecular weight excluding hydrogens is 248 g/mol. The van der Waals surface area contributed by atoms with Gasteiger partial charge in [0.2, 0.25) is 0 Å². The summed E-state index contributed by atoms with van der Waals surface area (Å²) in [4.78, 5) is 10.8. The van der Waals surface area contributed by atoms with E-state index in [1.807, 2.05) is 0 Å². The van der Waals surface area contributed by atoms with Crippen LogP contribution in [0.4, 0.5) is 0 Å². The molecule has 0 saturated heterocycles. The van der Waals surface area contributed by atoms with E-state index in [9.17, 15) is 9.90 Å². The lowest BCUT2D eigenvalue weighted by molar-refractivity contribution is -0.153. The molecule has 0 atom stereocenters. The van der Waals surface area contributed by atoms with Gasteiger partial charge in [0.1, 0.15) is 0 Å². The predicted octanol–water partition coefficient (Wildman–Crippen LogP) is 6.06. The standard InChI is InChI=1S/C18H35O2/c1-4-5-6-7-8-9-10-11-12-13-14-15-16-18(2,3)17(19)20/h4-16H2,1-3H3. The van der Waals surface area contributed by atoms with Gasteiger partial charge < -0.3 is 0 Å². The molecular formula is C18H35O2. The van der Waals surface area contributed by atoms with Crippen molar-refractivity contribution >= 4 is 5.97 Å². The van der Waals surface area contributed by atoms with Crippen LogP contribution in [0.2, 0.25) is 0 Å². The molecule has 0 aromatic rings. The Balaban J connectivity index is 3.19. The van der Waals surface area contributed by atoms with Gasteiger partial charge >= 0.3 is 5.97 Å². The Morgan fingerprint density at radius 1 is 0.700 bits per heavy atom. The van der Waals surface area contributed by atoms with Crippen molar-refractivity contribution in [3.8, 4) is 0 Å². The maximum absolute atomic E-state index is 10.8. The summed E-state index contributed by atoms with van der Waals surface area (Å²) in [6.45, 7) is 5.79. The summed E-state index contributed by atoms with van der Waals surface area (Å²) in [5.41, 5.74) is -0.654. The Morgan fingerprint density at radius 3 is 1.40 bits per heavy atom. The number of unbranched alkanes of at least 4 members (excludes halogenated alkanes) is 11. The summed E-state index contributed by atoms with van der Waals surface area (Å²) in [6.07, 6.45) is 16.5. The monoisotopic (exact) mass is 283 g/mol. The second-order valence-electron chi connectivity index (χ2n) is 6.81. The molecule has 1 radical (unpaired) electrons. The van der Waals surface area contributed by atoms with Crippen LogP contribution in [0.5, 0.6) is 0 Å². The Morgan fingerprint density at radius 2 is 1.05 bits per heavy atom. The SMILES string of the molecule is CCCCCCCCCCCCCCC(C)(C)C([O])=O. The van der Waals surface area contributed by atoms with E-state index in [1.54, 1.807) is 13.8 Å². The van der Waals surface area contributed by atoms with Crippen LogP contribution in [0.3, 0.4) is 0 Å². The summed E-state index contributed by atoms with van der Waals surface area (Å²) < 4.78 is 0. The minimum Gasteiger partial charge on any atom is -0.247 e. The van der Waals surface area contributed by atoms with Crippen molar-refractivity contribution in [1.82, 2.24) is 0 Å². The topological polar surface area (TPSA) is 37.0 Å².